The van der Waals surface area contributed by atoms with Crippen LogP contribution in [0.1, 0.15) is 33.4 Å². The summed E-state index contributed by atoms with van der Waals surface area (Å²) in [6.07, 6.45) is 1.84. The predicted octanol–water partition coefficient (Wildman–Crippen LogP) is 4.84. The lowest BCUT2D eigenvalue weighted by Gasteiger charge is -2.01. The maximum atomic E-state index is 11.1. The first-order valence-corrected chi connectivity index (χ1v) is 10.2. The van der Waals surface area contributed by atoms with Gasteiger partial charge < -0.3 is 14.8 Å². The van der Waals surface area contributed by atoms with Crippen molar-refractivity contribution in [2.75, 3.05) is 0 Å². The minimum absolute atomic E-state index is 0.140. The van der Waals surface area contributed by atoms with Gasteiger partial charge >= 0.3 is 5.97 Å². The molecule has 4 aromatic rings. The quantitative estimate of drug-likeness (QED) is 0.493. The zero-order chi connectivity index (χ0) is 21.7. The molecule has 0 fully saturated rings. The van der Waals surface area contributed by atoms with Crippen LogP contribution in [-0.4, -0.2) is 25.7 Å². The van der Waals surface area contributed by atoms with E-state index in [1.54, 1.807) is 6.92 Å². The number of fused-ring (bicyclic) bond motifs is 1. The van der Waals surface area contributed by atoms with E-state index in [9.17, 15) is 10.1 Å². The average Bonchev–Trinajstić information content (AvgIpc) is 3.34. The summed E-state index contributed by atoms with van der Waals surface area (Å²) in [6.45, 7) is 4.64. The maximum Gasteiger partial charge on any atom is 0.347 e. The molecular formula is C23H21N3O3S. The molecule has 0 bridgehead atoms. The number of aliphatic hydroxyl groups excluding tert-OH is 1. The topological polar surface area (TPSA) is 99.1 Å². The summed E-state index contributed by atoms with van der Waals surface area (Å²) < 4.78 is 2.02. The van der Waals surface area contributed by atoms with Gasteiger partial charge in [0.1, 0.15) is 16.0 Å². The van der Waals surface area contributed by atoms with Crippen LogP contribution in [0.2, 0.25) is 0 Å². The van der Waals surface area contributed by atoms with Crippen molar-refractivity contribution in [3.63, 3.8) is 0 Å². The molecule has 0 radical (unpaired) electrons. The van der Waals surface area contributed by atoms with Gasteiger partial charge in [-0.2, -0.15) is 5.26 Å². The van der Waals surface area contributed by atoms with Crippen molar-refractivity contribution in [3.05, 3.63) is 76.4 Å². The van der Waals surface area contributed by atoms with Crippen LogP contribution >= 0.6 is 11.3 Å². The number of carbonyl (C=O) groups is 1. The highest BCUT2D eigenvalue weighted by Crippen LogP contribution is 2.31. The maximum absolute atomic E-state index is 11.1. The summed E-state index contributed by atoms with van der Waals surface area (Å²) in [6, 6.07) is 17.5. The van der Waals surface area contributed by atoms with Gasteiger partial charge in [-0.3, -0.25) is 0 Å². The monoisotopic (exact) mass is 419 g/mol. The first kappa shape index (κ1) is 21.2. The number of nitriles is 1. The van der Waals surface area contributed by atoms with Gasteiger partial charge in [0.05, 0.1) is 17.9 Å². The lowest BCUT2D eigenvalue weighted by Crippen LogP contribution is -1.94. The van der Waals surface area contributed by atoms with E-state index in [-0.39, 0.29) is 11.5 Å². The van der Waals surface area contributed by atoms with Gasteiger partial charge in [0.2, 0.25) is 0 Å². The van der Waals surface area contributed by atoms with Crippen molar-refractivity contribution >= 4 is 28.2 Å². The van der Waals surface area contributed by atoms with Gasteiger partial charge in [-0.25, -0.2) is 9.78 Å². The molecule has 4 rings (SSSR count). The standard InChI is InChI=1S/C16H13N3O2S.C7H8O/c1-3-19-8-11(7-17)12-6-10(4-5-13(12)19)15-18-9(2)14(22-15)16(20)21;8-6-7-4-2-1-3-5-7/h4-6,8H,3H2,1-2H3,(H,20,21);1-5,8H,6H2. The van der Waals surface area contributed by atoms with Crippen LogP contribution in [0.5, 0.6) is 0 Å². The van der Waals surface area contributed by atoms with E-state index in [4.69, 9.17) is 10.2 Å². The van der Waals surface area contributed by atoms with Crippen LogP contribution in [0.3, 0.4) is 0 Å². The molecular weight excluding hydrogens is 398 g/mol. The van der Waals surface area contributed by atoms with Crippen molar-refractivity contribution < 1.29 is 15.0 Å². The Morgan fingerprint density at radius 2 is 1.97 bits per heavy atom. The molecule has 0 aliphatic carbocycles. The number of aromatic carboxylic acids is 1. The molecule has 30 heavy (non-hydrogen) atoms. The van der Waals surface area contributed by atoms with Crippen molar-refractivity contribution in [2.45, 2.75) is 27.0 Å². The SMILES string of the molecule is CCn1cc(C#N)c2cc(-c3nc(C)c(C(=O)O)s3)ccc21.OCc1ccccc1. The summed E-state index contributed by atoms with van der Waals surface area (Å²) in [4.78, 5) is 15.7. The van der Waals surface area contributed by atoms with Gasteiger partial charge in [0, 0.05) is 29.2 Å². The van der Waals surface area contributed by atoms with E-state index in [1.165, 1.54) is 0 Å². The van der Waals surface area contributed by atoms with Gasteiger partial charge in [-0.05, 0) is 37.6 Å². The smallest absolute Gasteiger partial charge is 0.347 e. The molecule has 6 nitrogen and oxygen atoms in total. The van der Waals surface area contributed by atoms with Crippen molar-refractivity contribution in [1.29, 1.82) is 5.26 Å². The molecule has 0 aliphatic rings. The zero-order valence-corrected chi connectivity index (χ0v) is 17.5. The number of nitrogens with zero attached hydrogens (tertiary/aromatic N) is 3. The van der Waals surface area contributed by atoms with E-state index in [0.29, 0.717) is 16.3 Å². The Kier molecular flexibility index (Phi) is 6.62. The van der Waals surface area contributed by atoms with Crippen molar-refractivity contribution in [3.8, 4) is 16.6 Å². The number of aliphatic hydroxyl groups is 1. The second kappa shape index (κ2) is 9.35. The van der Waals surface area contributed by atoms with Crippen LogP contribution in [-0.2, 0) is 13.2 Å². The second-order valence-corrected chi connectivity index (χ2v) is 7.55. The van der Waals surface area contributed by atoms with Crippen LogP contribution < -0.4 is 0 Å². The molecule has 2 heterocycles. The normalized spacial score (nSPS) is 10.3. The minimum Gasteiger partial charge on any atom is -0.477 e. The van der Waals surface area contributed by atoms with Gasteiger partial charge in [0.25, 0.3) is 0 Å². The number of aromatic nitrogens is 2. The Morgan fingerprint density at radius 1 is 1.23 bits per heavy atom. The average molecular weight is 420 g/mol. The first-order chi connectivity index (χ1) is 14.5. The Labute approximate surface area is 178 Å². The van der Waals surface area contributed by atoms with E-state index >= 15 is 0 Å². The molecule has 2 aromatic carbocycles. The van der Waals surface area contributed by atoms with E-state index in [0.717, 1.165) is 39.9 Å². The minimum atomic E-state index is -0.961. The predicted molar refractivity (Wildman–Crippen MR) is 117 cm³/mol. The number of benzene rings is 2. The van der Waals surface area contributed by atoms with Gasteiger partial charge in [-0.15, -0.1) is 11.3 Å². The van der Waals surface area contributed by atoms with E-state index in [2.05, 4.69) is 11.1 Å². The number of aryl methyl sites for hydroxylation is 2. The summed E-state index contributed by atoms with van der Waals surface area (Å²) in [7, 11) is 0. The number of rotatable bonds is 4. The second-order valence-electron chi connectivity index (χ2n) is 6.55. The Morgan fingerprint density at radius 3 is 2.50 bits per heavy atom. The fourth-order valence-electron chi connectivity index (χ4n) is 3.08. The third-order valence-corrected chi connectivity index (χ3v) is 5.80. The highest BCUT2D eigenvalue weighted by Gasteiger charge is 2.16. The van der Waals surface area contributed by atoms with Crippen molar-refractivity contribution in [1.82, 2.24) is 9.55 Å². The Hall–Kier alpha value is -3.47. The molecule has 2 N–H and O–H groups in total. The summed E-state index contributed by atoms with van der Waals surface area (Å²) in [5.74, 6) is -0.961. The fourth-order valence-corrected chi connectivity index (χ4v) is 3.98. The Balaban J connectivity index is 0.000000269. The first-order valence-electron chi connectivity index (χ1n) is 9.37. The summed E-state index contributed by atoms with van der Waals surface area (Å²) >= 11 is 1.15. The molecule has 152 valence electrons. The van der Waals surface area contributed by atoms with Crippen LogP contribution in [0.25, 0.3) is 21.5 Å². The molecule has 0 aliphatic heterocycles. The molecule has 7 heteroatoms. The molecule has 0 saturated heterocycles. The number of thiazole rings is 1. The van der Waals surface area contributed by atoms with Crippen molar-refractivity contribution in [2.24, 2.45) is 0 Å². The number of carboxylic acid groups (broad SMARTS) is 1. The van der Waals surface area contributed by atoms with Gasteiger partial charge in [-0.1, -0.05) is 30.3 Å². The third kappa shape index (κ3) is 4.40. The zero-order valence-electron chi connectivity index (χ0n) is 16.7. The number of hydrogen-bond acceptors (Lipinski definition) is 5. The molecule has 2 aromatic heterocycles. The molecule has 0 unspecified atom stereocenters. The lowest BCUT2D eigenvalue weighted by molar-refractivity contribution is 0.0701. The van der Waals surface area contributed by atoms with E-state index < -0.39 is 5.97 Å². The largest absolute Gasteiger partial charge is 0.477 e. The highest BCUT2D eigenvalue weighted by atomic mass is 32.1. The summed E-state index contributed by atoms with van der Waals surface area (Å²) in [5.41, 5.74) is 3.92. The van der Waals surface area contributed by atoms with Crippen LogP contribution in [0.4, 0.5) is 0 Å². The van der Waals surface area contributed by atoms with E-state index in [1.807, 2.05) is 66.2 Å². The molecule has 0 spiro atoms. The molecule has 0 amide bonds. The molecule has 0 atom stereocenters. The van der Waals surface area contributed by atoms with Crippen LogP contribution in [0.15, 0.2) is 54.7 Å². The third-order valence-electron chi connectivity index (χ3n) is 4.61. The highest BCUT2D eigenvalue weighted by molar-refractivity contribution is 7.17. The summed E-state index contributed by atoms with van der Waals surface area (Å²) in [5, 5.41) is 28.5. The fraction of sp³-hybridized carbons (Fsp3) is 0.174. The Bertz CT molecular complexity index is 1220. The van der Waals surface area contributed by atoms with Crippen LogP contribution in [0, 0.1) is 18.3 Å². The number of carboxylic acids is 1. The molecule has 0 saturated carbocycles. The number of hydrogen-bond donors (Lipinski definition) is 2. The van der Waals surface area contributed by atoms with Gasteiger partial charge in [0.15, 0.2) is 0 Å². The lowest BCUT2D eigenvalue weighted by atomic mass is 10.1.